The van der Waals surface area contributed by atoms with E-state index in [1.165, 1.54) is 24.9 Å². The molecule has 2 aromatic carbocycles. The Balaban J connectivity index is 1.24. The first kappa shape index (κ1) is 21.8. The number of hydrogen-bond donors (Lipinski definition) is 3. The molecule has 0 unspecified atom stereocenters. The van der Waals surface area contributed by atoms with Crippen LogP contribution in [-0.4, -0.2) is 66.4 Å². The van der Waals surface area contributed by atoms with Crippen molar-refractivity contribution in [1.29, 1.82) is 0 Å². The maximum absolute atomic E-state index is 13.6. The highest BCUT2D eigenvalue weighted by atomic mass is 16.5. The Morgan fingerprint density at radius 1 is 0.943 bits per heavy atom. The van der Waals surface area contributed by atoms with Gasteiger partial charge in [0.15, 0.2) is 5.78 Å². The lowest BCUT2D eigenvalue weighted by atomic mass is 10.0. The first-order valence-electron chi connectivity index (χ1n) is 12.2. The summed E-state index contributed by atoms with van der Waals surface area (Å²) in [6, 6.07) is 13.4. The van der Waals surface area contributed by atoms with E-state index >= 15 is 0 Å². The summed E-state index contributed by atoms with van der Waals surface area (Å²) in [5.74, 6) is -0.138. The van der Waals surface area contributed by atoms with Crippen molar-refractivity contribution in [2.75, 3.05) is 49.6 Å². The lowest BCUT2D eigenvalue weighted by Crippen LogP contribution is -2.49. The van der Waals surface area contributed by atoms with Crippen molar-refractivity contribution in [3.05, 3.63) is 53.6 Å². The highest BCUT2D eigenvalue weighted by molar-refractivity contribution is 6.26. The number of anilines is 2. The largest absolute Gasteiger partial charge is 0.379 e. The Labute approximate surface area is 203 Å². The van der Waals surface area contributed by atoms with E-state index in [-0.39, 0.29) is 11.8 Å². The molecule has 3 aliphatic rings. The number of aromatic amines is 1. The number of aromatic nitrogens is 2. The van der Waals surface area contributed by atoms with Crippen molar-refractivity contribution in [3.63, 3.8) is 0 Å². The minimum atomic E-state index is -0.379. The van der Waals surface area contributed by atoms with Gasteiger partial charge in [-0.05, 0) is 37.5 Å². The molecule has 35 heavy (non-hydrogen) atoms. The first-order chi connectivity index (χ1) is 17.2. The third kappa shape index (κ3) is 4.06. The van der Waals surface area contributed by atoms with E-state index in [1.54, 1.807) is 6.07 Å². The van der Waals surface area contributed by atoms with E-state index < -0.39 is 0 Å². The summed E-state index contributed by atoms with van der Waals surface area (Å²) in [7, 11) is 0. The van der Waals surface area contributed by atoms with Gasteiger partial charge in [0.2, 0.25) is 0 Å². The molecule has 0 atom stereocenters. The molecule has 0 saturated carbocycles. The van der Waals surface area contributed by atoms with Gasteiger partial charge in [-0.15, -0.1) is 0 Å². The summed E-state index contributed by atoms with van der Waals surface area (Å²) in [4.78, 5) is 28.6. The quantitative estimate of drug-likeness (QED) is 0.419. The number of nitrogens with zero attached hydrogens (tertiary/aromatic N) is 3. The molecule has 3 heterocycles. The Hall–Kier alpha value is -3.69. The molecule has 9 nitrogen and oxygen atoms in total. The van der Waals surface area contributed by atoms with Crippen LogP contribution in [0.3, 0.4) is 0 Å². The van der Waals surface area contributed by atoms with E-state index in [0.29, 0.717) is 54.5 Å². The average molecular weight is 473 g/mol. The number of carbonyl (C=O) groups excluding carboxylic acids is 2. The molecular formula is C26H28N6O3. The fourth-order valence-corrected chi connectivity index (χ4v) is 5.15. The highest BCUT2D eigenvalue weighted by Gasteiger charge is 2.35. The van der Waals surface area contributed by atoms with Crippen LogP contribution in [0.2, 0.25) is 0 Å². The lowest BCUT2D eigenvalue weighted by Gasteiger charge is -2.28. The molecule has 0 spiro atoms. The third-order valence-corrected chi connectivity index (χ3v) is 6.94. The summed E-state index contributed by atoms with van der Waals surface area (Å²) in [5.41, 5.74) is 8.51. The predicted molar refractivity (Wildman–Crippen MR) is 134 cm³/mol. The summed E-state index contributed by atoms with van der Waals surface area (Å²) in [6.45, 7) is 4.55. The van der Waals surface area contributed by atoms with Crippen molar-refractivity contribution in [2.24, 2.45) is 0 Å². The molecule has 3 aromatic rings. The third-order valence-electron chi connectivity index (χ3n) is 6.94. The van der Waals surface area contributed by atoms with Crippen molar-refractivity contribution in [3.8, 4) is 22.5 Å². The number of morpholine rings is 1. The summed E-state index contributed by atoms with van der Waals surface area (Å²) >= 11 is 0. The number of H-pyrrole nitrogens is 1. The van der Waals surface area contributed by atoms with Gasteiger partial charge in [-0.2, -0.15) is 5.10 Å². The van der Waals surface area contributed by atoms with Crippen LogP contribution in [0, 0.1) is 0 Å². The standard InChI is InChI=1S/C26H28N6O3/c33-25-21-19(5-4-6-20(21)27-26(34)30-32-13-15-35-16-14-32)24-22(25)23(28-29-24)17-7-9-18(10-8-17)31-11-2-1-3-12-31/h4-10H,1-3,11-16H2,(H,28,29)(H2,27,30,34). The van der Waals surface area contributed by atoms with E-state index in [1.807, 2.05) is 29.3 Å². The topological polar surface area (TPSA) is 103 Å². The number of benzene rings is 2. The van der Waals surface area contributed by atoms with Crippen molar-refractivity contribution < 1.29 is 14.3 Å². The predicted octanol–water partition coefficient (Wildman–Crippen LogP) is 3.65. The number of fused-ring (bicyclic) bond motifs is 3. The molecule has 2 fully saturated rings. The van der Waals surface area contributed by atoms with E-state index in [9.17, 15) is 9.59 Å². The Bertz CT molecular complexity index is 1260. The highest BCUT2D eigenvalue weighted by Crippen LogP contribution is 2.43. The molecule has 2 aliphatic heterocycles. The molecule has 2 saturated heterocycles. The number of hydrogen-bond acceptors (Lipinski definition) is 6. The van der Waals surface area contributed by atoms with Gasteiger partial charge in [-0.3, -0.25) is 15.3 Å². The number of piperidine rings is 1. The molecule has 0 radical (unpaired) electrons. The summed E-state index contributed by atoms with van der Waals surface area (Å²) in [5, 5.41) is 12.2. The van der Waals surface area contributed by atoms with Crippen LogP contribution < -0.4 is 15.6 Å². The molecule has 0 bridgehead atoms. The fourth-order valence-electron chi connectivity index (χ4n) is 5.15. The van der Waals surface area contributed by atoms with Crippen LogP contribution >= 0.6 is 0 Å². The first-order valence-corrected chi connectivity index (χ1v) is 12.2. The van der Waals surface area contributed by atoms with Gasteiger partial charge in [0.25, 0.3) is 0 Å². The van der Waals surface area contributed by atoms with Gasteiger partial charge in [-0.1, -0.05) is 24.3 Å². The summed E-state index contributed by atoms with van der Waals surface area (Å²) < 4.78 is 5.32. The normalized spacial score (nSPS) is 17.7. The van der Waals surface area contributed by atoms with Gasteiger partial charge >= 0.3 is 6.03 Å². The molecule has 1 aliphatic carbocycles. The number of rotatable bonds is 4. The molecule has 180 valence electrons. The maximum Gasteiger partial charge on any atom is 0.333 e. The zero-order valence-corrected chi connectivity index (χ0v) is 19.5. The lowest BCUT2D eigenvalue weighted by molar-refractivity contribution is 0.0207. The minimum Gasteiger partial charge on any atom is -0.379 e. The van der Waals surface area contributed by atoms with Crippen LogP contribution in [0.25, 0.3) is 22.5 Å². The van der Waals surface area contributed by atoms with Gasteiger partial charge < -0.3 is 15.0 Å². The fraction of sp³-hybridized carbons (Fsp3) is 0.346. The molecule has 6 rings (SSSR count). The molecular weight excluding hydrogens is 444 g/mol. The van der Waals surface area contributed by atoms with Crippen LogP contribution in [0.4, 0.5) is 16.2 Å². The second kappa shape index (κ2) is 9.16. The zero-order valence-electron chi connectivity index (χ0n) is 19.5. The minimum absolute atomic E-state index is 0.138. The number of hydrazine groups is 1. The van der Waals surface area contributed by atoms with Gasteiger partial charge in [0.05, 0.1) is 35.7 Å². The summed E-state index contributed by atoms with van der Waals surface area (Å²) in [6.07, 6.45) is 3.74. The number of ketones is 1. The number of ether oxygens (including phenoxy) is 1. The number of nitrogens with one attached hydrogen (secondary N) is 3. The number of carbonyl (C=O) groups is 2. The maximum atomic E-state index is 13.6. The zero-order chi connectivity index (χ0) is 23.8. The monoisotopic (exact) mass is 472 g/mol. The van der Waals surface area contributed by atoms with Gasteiger partial charge in [0.1, 0.15) is 5.69 Å². The Morgan fingerprint density at radius 2 is 1.71 bits per heavy atom. The van der Waals surface area contributed by atoms with Crippen LogP contribution in [-0.2, 0) is 4.74 Å². The second-order valence-electron chi connectivity index (χ2n) is 9.14. The molecule has 9 heteroatoms. The molecule has 2 amide bonds. The SMILES string of the molecule is O=C(Nc1cccc2c1C(=O)c1c(-c3ccc(N4CCCCC4)cc3)n[nH]c1-2)NN1CCOCC1. The smallest absolute Gasteiger partial charge is 0.333 e. The van der Waals surface area contributed by atoms with Crippen molar-refractivity contribution >= 4 is 23.2 Å². The van der Waals surface area contributed by atoms with E-state index in [4.69, 9.17) is 4.74 Å². The van der Waals surface area contributed by atoms with E-state index in [0.717, 1.165) is 24.2 Å². The number of urea groups is 1. The van der Waals surface area contributed by atoms with Crippen LogP contribution in [0.15, 0.2) is 42.5 Å². The molecule has 3 N–H and O–H groups in total. The second-order valence-corrected chi connectivity index (χ2v) is 9.14. The van der Waals surface area contributed by atoms with Gasteiger partial charge in [0, 0.05) is 43.0 Å². The van der Waals surface area contributed by atoms with Crippen molar-refractivity contribution in [2.45, 2.75) is 19.3 Å². The van der Waals surface area contributed by atoms with Crippen LogP contribution in [0.5, 0.6) is 0 Å². The Morgan fingerprint density at radius 3 is 2.49 bits per heavy atom. The Kier molecular flexibility index (Phi) is 5.71. The van der Waals surface area contributed by atoms with Gasteiger partial charge in [-0.25, -0.2) is 9.80 Å². The van der Waals surface area contributed by atoms with Crippen molar-refractivity contribution in [1.82, 2.24) is 20.6 Å². The molecule has 1 aromatic heterocycles. The van der Waals surface area contributed by atoms with E-state index in [2.05, 4.69) is 38.0 Å². The average Bonchev–Trinajstić information content (AvgIpc) is 3.45. The number of amides is 2. The van der Waals surface area contributed by atoms with Crippen LogP contribution in [0.1, 0.15) is 35.2 Å².